The fourth-order valence-corrected chi connectivity index (χ4v) is 3.60. The van der Waals surface area contributed by atoms with Gasteiger partial charge < -0.3 is 9.84 Å². The Morgan fingerprint density at radius 1 is 1.15 bits per heavy atom. The van der Waals surface area contributed by atoms with Gasteiger partial charge in [0.25, 0.3) is 0 Å². The number of benzene rings is 1. The average molecular weight is 455 g/mol. The molecule has 0 atom stereocenters. The van der Waals surface area contributed by atoms with Gasteiger partial charge in [-0.05, 0) is 44.9 Å². The smallest absolute Gasteiger partial charge is 0.435 e. The van der Waals surface area contributed by atoms with Gasteiger partial charge in [-0.25, -0.2) is 13.6 Å². The number of aliphatic hydroxyl groups excluding tert-OH is 1. The number of fused-ring (bicyclic) bond motifs is 1. The Morgan fingerprint density at radius 3 is 2.42 bits per heavy atom. The molecular formula is C23H23F2N5O3. The zero-order valence-electron chi connectivity index (χ0n) is 18.6. The minimum Gasteiger partial charge on any atom is -0.442 e. The van der Waals surface area contributed by atoms with Crippen molar-refractivity contribution in [3.63, 3.8) is 0 Å². The van der Waals surface area contributed by atoms with Gasteiger partial charge in [-0.1, -0.05) is 0 Å². The second kappa shape index (κ2) is 8.36. The lowest BCUT2D eigenvalue weighted by atomic mass is 9.98. The summed E-state index contributed by atoms with van der Waals surface area (Å²) in [6.45, 7) is 4.94. The molecule has 1 aromatic carbocycles. The molecule has 0 bridgehead atoms. The summed E-state index contributed by atoms with van der Waals surface area (Å²) in [4.78, 5) is 17.0. The highest BCUT2D eigenvalue weighted by atomic mass is 19.1. The molecule has 0 amide bonds. The monoisotopic (exact) mass is 455 g/mol. The highest BCUT2D eigenvalue weighted by Crippen LogP contribution is 2.38. The van der Waals surface area contributed by atoms with Crippen LogP contribution < -0.4 is 0 Å². The third-order valence-corrected chi connectivity index (χ3v) is 4.91. The third kappa shape index (κ3) is 4.34. The average Bonchev–Trinajstić information content (AvgIpc) is 3.30. The van der Waals surface area contributed by atoms with Gasteiger partial charge in [0.1, 0.15) is 28.4 Å². The maximum Gasteiger partial charge on any atom is 0.435 e. The van der Waals surface area contributed by atoms with Crippen LogP contribution in [0.2, 0.25) is 0 Å². The molecule has 3 aromatic heterocycles. The first-order valence-electron chi connectivity index (χ1n) is 10.3. The molecule has 0 saturated carbocycles. The Balaban J connectivity index is 2.01. The van der Waals surface area contributed by atoms with Crippen LogP contribution in [0.4, 0.5) is 13.6 Å². The van der Waals surface area contributed by atoms with E-state index in [0.29, 0.717) is 22.2 Å². The summed E-state index contributed by atoms with van der Waals surface area (Å²) in [7, 11) is 1.72. The number of carbonyl (C=O) groups is 1. The number of halogens is 2. The van der Waals surface area contributed by atoms with Crippen LogP contribution in [0.5, 0.6) is 0 Å². The number of hydrogen-bond acceptors (Lipinski definition) is 6. The molecule has 0 saturated heterocycles. The second-order valence-corrected chi connectivity index (χ2v) is 8.63. The maximum absolute atomic E-state index is 15.1. The molecule has 4 rings (SSSR count). The zero-order chi connectivity index (χ0) is 23.9. The topological polar surface area (TPSA) is 95.1 Å². The molecule has 1 N–H and O–H groups in total. The molecule has 0 aliphatic heterocycles. The Morgan fingerprint density at radius 2 is 1.85 bits per heavy atom. The number of pyridine rings is 1. The molecule has 8 nitrogen and oxygen atoms in total. The predicted octanol–water partition coefficient (Wildman–Crippen LogP) is 4.10. The van der Waals surface area contributed by atoms with Gasteiger partial charge in [0, 0.05) is 42.6 Å². The molecule has 0 aliphatic rings. The first kappa shape index (κ1) is 22.5. The lowest BCUT2D eigenvalue weighted by Gasteiger charge is -2.19. The summed E-state index contributed by atoms with van der Waals surface area (Å²) >= 11 is 0. The predicted molar refractivity (Wildman–Crippen MR) is 118 cm³/mol. The largest absolute Gasteiger partial charge is 0.442 e. The van der Waals surface area contributed by atoms with Crippen LogP contribution in [0, 0.1) is 11.6 Å². The Hall–Kier alpha value is -3.66. The molecule has 0 unspecified atom stereocenters. The Labute approximate surface area is 188 Å². The molecular weight excluding hydrogens is 432 g/mol. The highest BCUT2D eigenvalue weighted by molar-refractivity contribution is 6.06. The van der Waals surface area contributed by atoms with E-state index in [0.717, 1.165) is 4.68 Å². The van der Waals surface area contributed by atoms with Gasteiger partial charge >= 0.3 is 6.09 Å². The number of hydrogen-bond donors (Lipinski definition) is 1. The lowest BCUT2D eigenvalue weighted by Crippen LogP contribution is -2.27. The number of carbonyl (C=O) groups excluding carboxylic acids is 1. The van der Waals surface area contributed by atoms with Crippen molar-refractivity contribution in [2.24, 2.45) is 7.05 Å². The van der Waals surface area contributed by atoms with E-state index in [9.17, 15) is 4.79 Å². The van der Waals surface area contributed by atoms with Crippen LogP contribution in [0.3, 0.4) is 0 Å². The van der Waals surface area contributed by atoms with E-state index < -0.39 is 23.3 Å². The van der Waals surface area contributed by atoms with Gasteiger partial charge in [0.2, 0.25) is 0 Å². The number of ether oxygens (including phenoxy) is 1. The summed E-state index contributed by atoms with van der Waals surface area (Å²) in [6, 6.07) is 2.35. The van der Waals surface area contributed by atoms with Crippen LogP contribution >= 0.6 is 0 Å². The molecule has 10 heteroatoms. The van der Waals surface area contributed by atoms with E-state index in [1.54, 1.807) is 44.9 Å². The number of nitrogens with zero attached hydrogens (tertiary/aromatic N) is 5. The molecule has 0 aliphatic carbocycles. The van der Waals surface area contributed by atoms with E-state index in [1.165, 1.54) is 24.5 Å². The minimum atomic E-state index is -0.810. The van der Waals surface area contributed by atoms with Crippen LogP contribution in [-0.2, 0) is 18.2 Å². The number of aryl methyl sites for hydroxylation is 1. The summed E-state index contributed by atoms with van der Waals surface area (Å²) in [5, 5.41) is 18.0. The van der Waals surface area contributed by atoms with Crippen molar-refractivity contribution in [2.45, 2.75) is 32.8 Å². The van der Waals surface area contributed by atoms with Crippen molar-refractivity contribution in [3.8, 4) is 22.4 Å². The van der Waals surface area contributed by atoms with Gasteiger partial charge in [-0.15, -0.1) is 0 Å². The summed E-state index contributed by atoms with van der Waals surface area (Å²) in [6.07, 6.45) is 5.32. The fraction of sp³-hybridized carbons (Fsp3) is 0.304. The van der Waals surface area contributed by atoms with E-state index in [-0.39, 0.29) is 29.7 Å². The zero-order valence-corrected chi connectivity index (χ0v) is 18.6. The van der Waals surface area contributed by atoms with Crippen molar-refractivity contribution in [3.05, 3.63) is 54.1 Å². The van der Waals surface area contributed by atoms with Crippen molar-refractivity contribution in [1.82, 2.24) is 24.5 Å². The van der Waals surface area contributed by atoms with Crippen LogP contribution in [0.25, 0.3) is 33.3 Å². The van der Waals surface area contributed by atoms with Gasteiger partial charge in [0.15, 0.2) is 0 Å². The quantitative estimate of drug-likeness (QED) is 0.498. The normalized spacial score (nSPS) is 11.8. The Bertz CT molecular complexity index is 1330. The van der Waals surface area contributed by atoms with Gasteiger partial charge in [0.05, 0.1) is 18.0 Å². The van der Waals surface area contributed by atoms with E-state index in [1.807, 2.05) is 0 Å². The van der Waals surface area contributed by atoms with Crippen molar-refractivity contribution in [1.29, 1.82) is 0 Å². The number of rotatable bonds is 4. The van der Waals surface area contributed by atoms with Crippen LogP contribution in [0.15, 0.2) is 36.9 Å². The summed E-state index contributed by atoms with van der Waals surface area (Å²) in [5.74, 6) is -1.62. The SMILES string of the molecule is Cn1cc(-c2nn(C(=O)OC(C)(C)C)c3cncc(-c4c(F)cc(CCO)cc4F)c23)cn1. The Kier molecular flexibility index (Phi) is 5.71. The van der Waals surface area contributed by atoms with Crippen molar-refractivity contribution >= 4 is 17.0 Å². The summed E-state index contributed by atoms with van der Waals surface area (Å²) < 4.78 is 38.2. The molecule has 0 radical (unpaired) electrons. The molecule has 3 heterocycles. The standard InChI is InChI=1S/C23H23F2N5O3/c1-23(2,3)33-22(32)30-18-11-26-10-15(19-16(24)7-13(5-6-31)8-17(19)25)20(18)21(28-30)14-9-27-29(4)12-14/h7-12,31H,5-6H2,1-4H3. The fourth-order valence-electron chi connectivity index (χ4n) is 3.60. The first-order chi connectivity index (χ1) is 15.6. The molecule has 172 valence electrons. The number of aromatic nitrogens is 5. The van der Waals surface area contributed by atoms with Crippen molar-refractivity contribution < 1.29 is 23.4 Å². The van der Waals surface area contributed by atoms with E-state index >= 15 is 8.78 Å². The maximum atomic E-state index is 15.1. The molecule has 4 aromatic rings. The summed E-state index contributed by atoms with van der Waals surface area (Å²) in [5.41, 5.74) is 0.465. The lowest BCUT2D eigenvalue weighted by molar-refractivity contribution is 0.0523. The van der Waals surface area contributed by atoms with Gasteiger partial charge in [-0.3, -0.25) is 9.67 Å². The van der Waals surface area contributed by atoms with Crippen LogP contribution in [-0.4, -0.2) is 48.0 Å². The van der Waals surface area contributed by atoms with E-state index in [2.05, 4.69) is 15.2 Å². The minimum absolute atomic E-state index is 0.119. The van der Waals surface area contributed by atoms with Gasteiger partial charge in [-0.2, -0.15) is 14.9 Å². The van der Waals surface area contributed by atoms with E-state index in [4.69, 9.17) is 9.84 Å². The first-order valence-corrected chi connectivity index (χ1v) is 10.3. The third-order valence-electron chi connectivity index (χ3n) is 4.91. The highest BCUT2D eigenvalue weighted by Gasteiger charge is 2.27. The van der Waals surface area contributed by atoms with Crippen molar-refractivity contribution in [2.75, 3.05) is 6.61 Å². The molecule has 0 fully saturated rings. The molecule has 33 heavy (non-hydrogen) atoms. The van der Waals surface area contributed by atoms with Crippen LogP contribution in [0.1, 0.15) is 26.3 Å². The molecule has 0 spiro atoms. The number of aliphatic hydroxyl groups is 1. The second-order valence-electron chi connectivity index (χ2n) is 8.63.